The smallest absolute Gasteiger partial charge is 0.225 e. The Morgan fingerprint density at radius 1 is 1.00 bits per heavy atom. The van der Waals surface area contributed by atoms with Gasteiger partial charge in [-0.3, -0.25) is 9.69 Å². The number of piperazine rings is 1. The van der Waals surface area contributed by atoms with E-state index < -0.39 is 0 Å². The zero-order valence-electron chi connectivity index (χ0n) is 12.5. The maximum atomic E-state index is 12.5. The summed E-state index contributed by atoms with van der Waals surface area (Å²) in [6.07, 6.45) is 8.20. The van der Waals surface area contributed by atoms with E-state index in [1.54, 1.807) is 0 Å². The second-order valence-corrected chi connectivity index (χ2v) is 6.87. The van der Waals surface area contributed by atoms with Crippen LogP contribution in [0.2, 0.25) is 0 Å². The van der Waals surface area contributed by atoms with Crippen LogP contribution in [0.4, 0.5) is 0 Å². The van der Waals surface area contributed by atoms with Crippen LogP contribution in [-0.4, -0.2) is 59.6 Å². The largest absolute Gasteiger partial charge is 0.392 e. The average Bonchev–Trinajstić information content (AvgIpc) is 3.33. The molecule has 1 atom stereocenters. The summed E-state index contributed by atoms with van der Waals surface area (Å²) >= 11 is 0. The first-order valence-corrected chi connectivity index (χ1v) is 8.43. The molecule has 0 unspecified atom stereocenters. The second-order valence-electron chi connectivity index (χ2n) is 6.87. The van der Waals surface area contributed by atoms with Gasteiger partial charge in [-0.05, 0) is 31.6 Å². The van der Waals surface area contributed by atoms with Crippen molar-refractivity contribution in [3.63, 3.8) is 0 Å². The van der Waals surface area contributed by atoms with Crippen LogP contribution in [0.25, 0.3) is 0 Å². The van der Waals surface area contributed by atoms with Crippen molar-refractivity contribution in [1.29, 1.82) is 0 Å². The Hall–Kier alpha value is -0.610. The monoisotopic (exact) mass is 280 g/mol. The minimum Gasteiger partial charge on any atom is -0.392 e. The molecule has 0 aromatic rings. The summed E-state index contributed by atoms with van der Waals surface area (Å²) in [5, 5.41) is 10.00. The van der Waals surface area contributed by atoms with E-state index in [0.717, 1.165) is 45.6 Å². The summed E-state index contributed by atoms with van der Waals surface area (Å²) in [6.45, 7) is 4.38. The Morgan fingerprint density at radius 2 is 1.65 bits per heavy atom. The third-order valence-electron chi connectivity index (χ3n) is 5.25. The Balaban J connectivity index is 1.41. The summed E-state index contributed by atoms with van der Waals surface area (Å²) in [6, 6.07) is 0. The molecule has 1 saturated heterocycles. The first kappa shape index (κ1) is 14.3. The number of amides is 1. The first-order chi connectivity index (χ1) is 9.74. The molecule has 1 N–H and O–H groups in total. The van der Waals surface area contributed by atoms with Gasteiger partial charge in [0, 0.05) is 38.6 Å². The Kier molecular flexibility index (Phi) is 4.61. The summed E-state index contributed by atoms with van der Waals surface area (Å²) in [5.41, 5.74) is 0. The number of β-amino-alcohol motifs (C(OH)–C–C–N with tert-alkyl or cyclic N) is 1. The number of aliphatic hydroxyl groups excluding tert-OH is 1. The molecule has 4 nitrogen and oxygen atoms in total. The number of carbonyl (C=O) groups is 1. The van der Waals surface area contributed by atoms with E-state index in [2.05, 4.69) is 9.80 Å². The lowest BCUT2D eigenvalue weighted by molar-refractivity contribution is -0.138. The molecule has 3 fully saturated rings. The third kappa shape index (κ3) is 3.53. The van der Waals surface area contributed by atoms with Crippen molar-refractivity contribution in [2.45, 2.75) is 51.0 Å². The lowest BCUT2D eigenvalue weighted by Gasteiger charge is -2.37. The SMILES string of the molecule is O=C(C1CCCCC1)N1CCN(C[C@@H](O)C2CC2)CC1. The average molecular weight is 280 g/mol. The minimum atomic E-state index is -0.143. The number of hydrogen-bond acceptors (Lipinski definition) is 3. The fourth-order valence-corrected chi connectivity index (χ4v) is 3.65. The predicted octanol–water partition coefficient (Wildman–Crippen LogP) is 1.48. The van der Waals surface area contributed by atoms with Crippen molar-refractivity contribution in [3.8, 4) is 0 Å². The molecule has 3 rings (SSSR count). The van der Waals surface area contributed by atoms with Crippen molar-refractivity contribution in [3.05, 3.63) is 0 Å². The van der Waals surface area contributed by atoms with Crippen molar-refractivity contribution in [1.82, 2.24) is 9.80 Å². The van der Waals surface area contributed by atoms with Gasteiger partial charge in [-0.2, -0.15) is 0 Å². The van der Waals surface area contributed by atoms with Crippen molar-refractivity contribution in [2.24, 2.45) is 11.8 Å². The van der Waals surface area contributed by atoms with Crippen molar-refractivity contribution in [2.75, 3.05) is 32.7 Å². The van der Waals surface area contributed by atoms with Gasteiger partial charge in [-0.15, -0.1) is 0 Å². The van der Waals surface area contributed by atoms with Crippen LogP contribution in [0.1, 0.15) is 44.9 Å². The molecule has 0 aromatic carbocycles. The number of rotatable bonds is 4. The van der Waals surface area contributed by atoms with Crippen molar-refractivity contribution < 1.29 is 9.90 Å². The first-order valence-electron chi connectivity index (χ1n) is 8.43. The van der Waals surface area contributed by atoms with Gasteiger partial charge in [0.05, 0.1) is 6.10 Å². The van der Waals surface area contributed by atoms with Crippen LogP contribution in [0.5, 0.6) is 0 Å². The van der Waals surface area contributed by atoms with Gasteiger partial charge in [0.1, 0.15) is 0 Å². The van der Waals surface area contributed by atoms with Gasteiger partial charge in [-0.25, -0.2) is 0 Å². The van der Waals surface area contributed by atoms with Gasteiger partial charge in [0.2, 0.25) is 5.91 Å². The lowest BCUT2D eigenvalue weighted by atomic mass is 9.88. The molecule has 0 aromatic heterocycles. The molecule has 0 spiro atoms. The van der Waals surface area contributed by atoms with Crippen LogP contribution < -0.4 is 0 Å². The summed E-state index contributed by atoms with van der Waals surface area (Å²) < 4.78 is 0. The van der Waals surface area contributed by atoms with Gasteiger partial charge in [-0.1, -0.05) is 19.3 Å². The molecule has 20 heavy (non-hydrogen) atoms. The van der Waals surface area contributed by atoms with E-state index in [0.29, 0.717) is 17.7 Å². The molecule has 2 saturated carbocycles. The van der Waals surface area contributed by atoms with Crippen LogP contribution in [0.15, 0.2) is 0 Å². The molecule has 1 heterocycles. The topological polar surface area (TPSA) is 43.8 Å². The molecule has 4 heteroatoms. The number of nitrogens with zero attached hydrogens (tertiary/aromatic N) is 2. The highest BCUT2D eigenvalue weighted by Crippen LogP contribution is 2.33. The number of carbonyl (C=O) groups excluding carboxylic acids is 1. The third-order valence-corrected chi connectivity index (χ3v) is 5.25. The summed E-state index contributed by atoms with van der Waals surface area (Å²) in [4.78, 5) is 16.9. The van der Waals surface area contributed by atoms with E-state index in [1.165, 1.54) is 32.1 Å². The Labute approximate surface area is 122 Å². The van der Waals surface area contributed by atoms with Crippen LogP contribution in [0.3, 0.4) is 0 Å². The highest BCUT2D eigenvalue weighted by molar-refractivity contribution is 5.79. The molecular formula is C16H28N2O2. The molecule has 2 aliphatic carbocycles. The summed E-state index contributed by atoms with van der Waals surface area (Å²) in [7, 11) is 0. The number of aliphatic hydroxyl groups is 1. The van der Waals surface area contributed by atoms with Crippen molar-refractivity contribution >= 4 is 5.91 Å². The standard InChI is InChI=1S/C16H28N2O2/c19-15(13-6-7-13)12-17-8-10-18(11-9-17)16(20)14-4-2-1-3-5-14/h13-15,19H,1-12H2/t15-/m1/s1. The fourth-order valence-electron chi connectivity index (χ4n) is 3.65. The maximum absolute atomic E-state index is 12.5. The highest BCUT2D eigenvalue weighted by Gasteiger charge is 2.33. The van der Waals surface area contributed by atoms with Gasteiger partial charge in [0.15, 0.2) is 0 Å². The van der Waals surface area contributed by atoms with Crippen LogP contribution in [0, 0.1) is 11.8 Å². The quantitative estimate of drug-likeness (QED) is 0.848. The van der Waals surface area contributed by atoms with E-state index in [4.69, 9.17) is 0 Å². The molecule has 0 radical (unpaired) electrons. The molecule has 114 valence electrons. The summed E-state index contributed by atoms with van der Waals surface area (Å²) in [5.74, 6) is 1.25. The Morgan fingerprint density at radius 3 is 2.25 bits per heavy atom. The Bertz CT molecular complexity index is 329. The lowest BCUT2D eigenvalue weighted by Crippen LogP contribution is -2.52. The second kappa shape index (κ2) is 6.44. The maximum Gasteiger partial charge on any atom is 0.225 e. The molecule has 0 bridgehead atoms. The minimum absolute atomic E-state index is 0.143. The molecular weight excluding hydrogens is 252 g/mol. The van der Waals surface area contributed by atoms with E-state index >= 15 is 0 Å². The zero-order valence-corrected chi connectivity index (χ0v) is 12.5. The predicted molar refractivity (Wildman–Crippen MR) is 78.3 cm³/mol. The van der Waals surface area contributed by atoms with Crippen LogP contribution >= 0.6 is 0 Å². The normalized spacial score (nSPS) is 27.6. The van der Waals surface area contributed by atoms with Gasteiger partial charge >= 0.3 is 0 Å². The highest BCUT2D eigenvalue weighted by atomic mass is 16.3. The van der Waals surface area contributed by atoms with E-state index in [1.807, 2.05) is 0 Å². The zero-order chi connectivity index (χ0) is 13.9. The number of hydrogen-bond donors (Lipinski definition) is 1. The van der Waals surface area contributed by atoms with Gasteiger partial charge in [0.25, 0.3) is 0 Å². The molecule has 1 aliphatic heterocycles. The van der Waals surface area contributed by atoms with Crippen LogP contribution in [-0.2, 0) is 4.79 Å². The van der Waals surface area contributed by atoms with E-state index in [9.17, 15) is 9.90 Å². The van der Waals surface area contributed by atoms with Gasteiger partial charge < -0.3 is 10.0 Å². The fraction of sp³-hybridized carbons (Fsp3) is 0.938. The molecule has 1 amide bonds. The van der Waals surface area contributed by atoms with E-state index in [-0.39, 0.29) is 6.10 Å². The molecule has 3 aliphatic rings.